The summed E-state index contributed by atoms with van der Waals surface area (Å²) in [6.45, 7) is 6.49. The number of benzene rings is 1. The predicted octanol–water partition coefficient (Wildman–Crippen LogP) is 2.39. The lowest BCUT2D eigenvalue weighted by Gasteiger charge is -2.19. The summed E-state index contributed by atoms with van der Waals surface area (Å²) < 4.78 is 1.86. The average Bonchev–Trinajstić information content (AvgIpc) is 2.84. The van der Waals surface area contributed by atoms with Crippen LogP contribution in [0.1, 0.15) is 31.0 Å². The number of aryl methyl sites for hydroxylation is 1. The van der Waals surface area contributed by atoms with E-state index in [1.807, 2.05) is 17.9 Å². The van der Waals surface area contributed by atoms with Crippen molar-refractivity contribution in [2.45, 2.75) is 26.2 Å². The molecule has 0 bridgehead atoms. The number of rotatable bonds is 7. The summed E-state index contributed by atoms with van der Waals surface area (Å²) >= 11 is 0. The molecule has 2 aromatic rings. The SMILES string of the molecule is CC(C)CNCC(Cc1cnnn1C)c1ccccc1. The zero-order valence-electron chi connectivity index (χ0n) is 12.6. The minimum Gasteiger partial charge on any atom is -0.316 e. The second-order valence-corrected chi connectivity index (χ2v) is 5.71. The molecule has 20 heavy (non-hydrogen) atoms. The Morgan fingerprint density at radius 2 is 1.90 bits per heavy atom. The second kappa shape index (κ2) is 7.20. The molecule has 108 valence electrons. The molecular weight excluding hydrogens is 248 g/mol. The van der Waals surface area contributed by atoms with Crippen molar-refractivity contribution < 1.29 is 0 Å². The molecule has 4 nitrogen and oxygen atoms in total. The van der Waals surface area contributed by atoms with Gasteiger partial charge in [0.25, 0.3) is 0 Å². The van der Waals surface area contributed by atoms with Crippen LogP contribution in [0, 0.1) is 5.92 Å². The van der Waals surface area contributed by atoms with E-state index in [9.17, 15) is 0 Å². The van der Waals surface area contributed by atoms with E-state index in [-0.39, 0.29) is 0 Å². The number of nitrogens with one attached hydrogen (secondary N) is 1. The van der Waals surface area contributed by atoms with E-state index < -0.39 is 0 Å². The molecular formula is C16H24N4. The smallest absolute Gasteiger partial charge is 0.0725 e. The third kappa shape index (κ3) is 4.17. The lowest BCUT2D eigenvalue weighted by Crippen LogP contribution is -2.27. The summed E-state index contributed by atoms with van der Waals surface area (Å²) in [7, 11) is 1.95. The normalized spacial score (nSPS) is 12.8. The summed E-state index contributed by atoms with van der Waals surface area (Å²) in [5, 5.41) is 11.6. The van der Waals surface area contributed by atoms with Gasteiger partial charge in [-0.2, -0.15) is 0 Å². The Morgan fingerprint density at radius 1 is 1.15 bits per heavy atom. The van der Waals surface area contributed by atoms with Crippen molar-refractivity contribution in [1.29, 1.82) is 0 Å². The van der Waals surface area contributed by atoms with Crippen LogP contribution in [0.25, 0.3) is 0 Å². The third-order valence-electron chi connectivity index (χ3n) is 3.48. The van der Waals surface area contributed by atoms with Crippen molar-refractivity contribution in [2.75, 3.05) is 13.1 Å². The van der Waals surface area contributed by atoms with Gasteiger partial charge in [0.15, 0.2) is 0 Å². The highest BCUT2D eigenvalue weighted by Gasteiger charge is 2.14. The van der Waals surface area contributed by atoms with Crippen LogP contribution in [0.2, 0.25) is 0 Å². The van der Waals surface area contributed by atoms with Crippen molar-refractivity contribution >= 4 is 0 Å². The number of hydrogen-bond acceptors (Lipinski definition) is 3. The van der Waals surface area contributed by atoms with Crippen molar-refractivity contribution in [3.05, 3.63) is 47.8 Å². The molecule has 0 fully saturated rings. The van der Waals surface area contributed by atoms with Crippen LogP contribution >= 0.6 is 0 Å². The van der Waals surface area contributed by atoms with E-state index in [1.165, 1.54) is 11.3 Å². The fourth-order valence-electron chi connectivity index (χ4n) is 2.33. The molecule has 0 spiro atoms. The van der Waals surface area contributed by atoms with Gasteiger partial charge in [0.2, 0.25) is 0 Å². The zero-order valence-corrected chi connectivity index (χ0v) is 12.6. The van der Waals surface area contributed by atoms with Crippen molar-refractivity contribution in [1.82, 2.24) is 20.3 Å². The molecule has 0 saturated carbocycles. The van der Waals surface area contributed by atoms with Gasteiger partial charge in [0.05, 0.1) is 11.9 Å². The van der Waals surface area contributed by atoms with Crippen LogP contribution in [0.4, 0.5) is 0 Å². The van der Waals surface area contributed by atoms with E-state index in [2.05, 4.69) is 59.8 Å². The lowest BCUT2D eigenvalue weighted by molar-refractivity contribution is 0.506. The van der Waals surface area contributed by atoms with E-state index in [1.54, 1.807) is 0 Å². The minimum absolute atomic E-state index is 0.451. The van der Waals surface area contributed by atoms with Gasteiger partial charge in [-0.15, -0.1) is 5.10 Å². The summed E-state index contributed by atoms with van der Waals surface area (Å²) in [6, 6.07) is 10.7. The summed E-state index contributed by atoms with van der Waals surface area (Å²) in [5.41, 5.74) is 2.54. The number of aromatic nitrogens is 3. The van der Waals surface area contributed by atoms with Crippen LogP contribution in [-0.4, -0.2) is 28.1 Å². The Kier molecular flexibility index (Phi) is 5.30. The molecule has 0 amide bonds. The molecule has 0 aliphatic heterocycles. The quantitative estimate of drug-likeness (QED) is 0.841. The Hall–Kier alpha value is -1.68. The first kappa shape index (κ1) is 14.7. The first-order valence-electron chi connectivity index (χ1n) is 7.26. The maximum Gasteiger partial charge on any atom is 0.0725 e. The van der Waals surface area contributed by atoms with Gasteiger partial charge in [-0.25, -0.2) is 0 Å². The fraction of sp³-hybridized carbons (Fsp3) is 0.500. The first-order valence-corrected chi connectivity index (χ1v) is 7.26. The molecule has 4 heteroatoms. The minimum atomic E-state index is 0.451. The van der Waals surface area contributed by atoms with Gasteiger partial charge >= 0.3 is 0 Å². The molecule has 1 aromatic carbocycles. The zero-order chi connectivity index (χ0) is 14.4. The largest absolute Gasteiger partial charge is 0.316 e. The second-order valence-electron chi connectivity index (χ2n) is 5.71. The van der Waals surface area contributed by atoms with Crippen LogP contribution in [0.5, 0.6) is 0 Å². The summed E-state index contributed by atoms with van der Waals surface area (Å²) in [5.74, 6) is 1.12. The Morgan fingerprint density at radius 3 is 2.50 bits per heavy atom. The number of hydrogen-bond donors (Lipinski definition) is 1. The summed E-state index contributed by atoms with van der Waals surface area (Å²) in [6.07, 6.45) is 2.82. The van der Waals surface area contributed by atoms with E-state index in [0.29, 0.717) is 11.8 Å². The standard InChI is InChI=1S/C16H24N4/c1-13(2)10-17-11-15(14-7-5-4-6-8-14)9-16-12-18-19-20(16)3/h4-8,12-13,15,17H,9-11H2,1-3H3. The summed E-state index contributed by atoms with van der Waals surface area (Å²) in [4.78, 5) is 0. The Balaban J connectivity index is 2.06. The van der Waals surface area contributed by atoms with E-state index in [4.69, 9.17) is 0 Å². The van der Waals surface area contributed by atoms with Gasteiger partial charge in [0.1, 0.15) is 0 Å². The molecule has 1 aromatic heterocycles. The van der Waals surface area contributed by atoms with E-state index in [0.717, 1.165) is 19.5 Å². The number of nitrogens with zero attached hydrogens (tertiary/aromatic N) is 3. The van der Waals surface area contributed by atoms with Gasteiger partial charge < -0.3 is 5.32 Å². The fourth-order valence-corrected chi connectivity index (χ4v) is 2.33. The lowest BCUT2D eigenvalue weighted by atomic mass is 9.94. The van der Waals surface area contributed by atoms with Crippen LogP contribution < -0.4 is 5.32 Å². The molecule has 0 aliphatic rings. The van der Waals surface area contributed by atoms with Gasteiger partial charge in [-0.05, 0) is 24.4 Å². The molecule has 1 N–H and O–H groups in total. The molecule has 0 aliphatic carbocycles. The molecule has 0 saturated heterocycles. The Labute approximate surface area is 121 Å². The highest BCUT2D eigenvalue weighted by molar-refractivity contribution is 5.21. The molecule has 0 radical (unpaired) electrons. The van der Waals surface area contributed by atoms with Crippen LogP contribution in [0.3, 0.4) is 0 Å². The topological polar surface area (TPSA) is 42.7 Å². The van der Waals surface area contributed by atoms with Crippen molar-refractivity contribution in [3.8, 4) is 0 Å². The van der Waals surface area contributed by atoms with Gasteiger partial charge in [-0.3, -0.25) is 4.68 Å². The molecule has 1 heterocycles. The first-order chi connectivity index (χ1) is 9.66. The Bertz CT molecular complexity index is 504. The van der Waals surface area contributed by atoms with Gasteiger partial charge in [0, 0.05) is 19.5 Å². The van der Waals surface area contributed by atoms with Crippen molar-refractivity contribution in [3.63, 3.8) is 0 Å². The maximum absolute atomic E-state index is 4.02. The average molecular weight is 272 g/mol. The van der Waals surface area contributed by atoms with Crippen LogP contribution in [0.15, 0.2) is 36.5 Å². The third-order valence-corrected chi connectivity index (χ3v) is 3.48. The molecule has 2 rings (SSSR count). The van der Waals surface area contributed by atoms with E-state index >= 15 is 0 Å². The molecule has 1 atom stereocenters. The highest BCUT2D eigenvalue weighted by atomic mass is 15.4. The predicted molar refractivity (Wildman–Crippen MR) is 81.6 cm³/mol. The van der Waals surface area contributed by atoms with Crippen molar-refractivity contribution in [2.24, 2.45) is 13.0 Å². The highest BCUT2D eigenvalue weighted by Crippen LogP contribution is 2.19. The van der Waals surface area contributed by atoms with Gasteiger partial charge in [-0.1, -0.05) is 49.4 Å². The van der Waals surface area contributed by atoms with Crippen LogP contribution in [-0.2, 0) is 13.5 Å². The maximum atomic E-state index is 4.02. The monoisotopic (exact) mass is 272 g/mol. The molecule has 1 unspecified atom stereocenters.